The topological polar surface area (TPSA) is 64.3 Å². The van der Waals surface area contributed by atoms with Crippen LogP contribution < -0.4 is 11.1 Å². The van der Waals surface area contributed by atoms with Crippen molar-refractivity contribution in [2.45, 2.75) is 32.3 Å². The van der Waals surface area contributed by atoms with Crippen molar-refractivity contribution in [3.63, 3.8) is 0 Å². The van der Waals surface area contributed by atoms with Crippen molar-refractivity contribution >= 4 is 17.3 Å². The smallest absolute Gasteiger partial charge is 0.253 e. The average Bonchev–Trinajstić information content (AvgIpc) is 2.35. The van der Waals surface area contributed by atoms with Gasteiger partial charge in [0.2, 0.25) is 0 Å². The van der Waals surface area contributed by atoms with Crippen LogP contribution in [0, 0.1) is 6.92 Å². The summed E-state index contributed by atoms with van der Waals surface area (Å²) in [5.74, 6) is -0.0709. The zero-order valence-electron chi connectivity index (χ0n) is 10.0. The number of hydrogen-bond donors (Lipinski definition) is 2. The second-order valence-electron chi connectivity index (χ2n) is 4.42. The van der Waals surface area contributed by atoms with Crippen LogP contribution >= 0.6 is 0 Å². The normalized spacial score (nSPS) is 19.9. The molecule has 4 heteroatoms. The fraction of sp³-hybridized carbons (Fsp3) is 0.462. The van der Waals surface area contributed by atoms with E-state index in [4.69, 9.17) is 10.5 Å². The van der Waals surface area contributed by atoms with Crippen LogP contribution in [-0.4, -0.2) is 18.6 Å². The van der Waals surface area contributed by atoms with Crippen molar-refractivity contribution in [2.75, 3.05) is 17.7 Å². The van der Waals surface area contributed by atoms with Crippen LogP contribution in [-0.2, 0) is 9.53 Å². The molecular formula is C13H18N2O2. The number of ether oxygens (including phenoxy) is 1. The molecule has 1 aliphatic heterocycles. The number of carbonyl (C=O) groups is 1. The molecule has 1 aromatic carbocycles. The van der Waals surface area contributed by atoms with Crippen LogP contribution in [0.3, 0.4) is 0 Å². The van der Waals surface area contributed by atoms with Gasteiger partial charge in [-0.25, -0.2) is 0 Å². The monoisotopic (exact) mass is 234 g/mol. The molecule has 0 spiro atoms. The van der Waals surface area contributed by atoms with Crippen LogP contribution in [0.5, 0.6) is 0 Å². The van der Waals surface area contributed by atoms with Crippen molar-refractivity contribution in [3.05, 3.63) is 23.8 Å². The van der Waals surface area contributed by atoms with E-state index < -0.39 is 0 Å². The van der Waals surface area contributed by atoms with Gasteiger partial charge in [-0.05, 0) is 43.9 Å². The Bertz CT molecular complexity index is 412. The van der Waals surface area contributed by atoms with E-state index >= 15 is 0 Å². The highest BCUT2D eigenvalue weighted by molar-refractivity contribution is 5.95. The van der Waals surface area contributed by atoms with Gasteiger partial charge in [0.25, 0.3) is 5.91 Å². The Kier molecular flexibility index (Phi) is 3.64. The molecule has 17 heavy (non-hydrogen) atoms. The SMILES string of the molecule is Cc1ccc(N)cc1NC(=O)C1CCCCO1. The van der Waals surface area contributed by atoms with E-state index in [-0.39, 0.29) is 12.0 Å². The van der Waals surface area contributed by atoms with E-state index in [1.54, 1.807) is 6.07 Å². The van der Waals surface area contributed by atoms with Gasteiger partial charge in [-0.1, -0.05) is 6.07 Å². The van der Waals surface area contributed by atoms with E-state index in [9.17, 15) is 4.79 Å². The second kappa shape index (κ2) is 5.19. The molecule has 2 rings (SSSR count). The molecule has 0 aliphatic carbocycles. The number of aryl methyl sites for hydroxylation is 1. The first kappa shape index (κ1) is 11.9. The lowest BCUT2D eigenvalue weighted by Crippen LogP contribution is -2.33. The maximum Gasteiger partial charge on any atom is 0.253 e. The minimum Gasteiger partial charge on any atom is -0.399 e. The summed E-state index contributed by atoms with van der Waals surface area (Å²) in [6.45, 7) is 2.62. The highest BCUT2D eigenvalue weighted by atomic mass is 16.5. The summed E-state index contributed by atoms with van der Waals surface area (Å²) in [6, 6.07) is 5.49. The van der Waals surface area contributed by atoms with Crippen LogP contribution in [0.2, 0.25) is 0 Å². The molecule has 1 fully saturated rings. The minimum absolute atomic E-state index is 0.0709. The van der Waals surface area contributed by atoms with Crippen LogP contribution in [0.25, 0.3) is 0 Å². The zero-order valence-corrected chi connectivity index (χ0v) is 10.0. The number of nitrogens with two attached hydrogens (primary N) is 1. The van der Waals surface area contributed by atoms with Gasteiger partial charge in [0.15, 0.2) is 0 Å². The van der Waals surface area contributed by atoms with Gasteiger partial charge < -0.3 is 15.8 Å². The van der Waals surface area contributed by atoms with Gasteiger partial charge in [0.1, 0.15) is 6.10 Å². The molecule has 4 nitrogen and oxygen atoms in total. The van der Waals surface area contributed by atoms with E-state index in [2.05, 4.69) is 5.32 Å². The molecular weight excluding hydrogens is 216 g/mol. The average molecular weight is 234 g/mol. The van der Waals surface area contributed by atoms with Gasteiger partial charge in [0.05, 0.1) is 0 Å². The summed E-state index contributed by atoms with van der Waals surface area (Å²) in [6.07, 6.45) is 2.58. The highest BCUT2D eigenvalue weighted by Crippen LogP contribution is 2.20. The maximum absolute atomic E-state index is 12.0. The summed E-state index contributed by atoms with van der Waals surface area (Å²) in [5.41, 5.74) is 8.12. The molecule has 1 aliphatic rings. The molecule has 1 amide bonds. The third-order valence-electron chi connectivity index (χ3n) is 2.99. The molecule has 1 aromatic rings. The van der Waals surface area contributed by atoms with Crippen molar-refractivity contribution in [1.29, 1.82) is 0 Å². The largest absolute Gasteiger partial charge is 0.399 e. The number of rotatable bonds is 2. The Morgan fingerprint density at radius 1 is 1.47 bits per heavy atom. The standard InChI is InChI=1S/C13H18N2O2/c1-9-5-6-10(14)8-11(9)15-13(16)12-4-2-3-7-17-12/h5-6,8,12H,2-4,7,14H2,1H3,(H,15,16). The van der Waals surface area contributed by atoms with Crippen molar-refractivity contribution in [1.82, 2.24) is 0 Å². The number of hydrogen-bond acceptors (Lipinski definition) is 3. The number of benzene rings is 1. The molecule has 0 aromatic heterocycles. The third kappa shape index (κ3) is 2.97. The van der Waals surface area contributed by atoms with Gasteiger partial charge >= 0.3 is 0 Å². The Morgan fingerprint density at radius 2 is 2.29 bits per heavy atom. The maximum atomic E-state index is 12.0. The lowest BCUT2D eigenvalue weighted by atomic mass is 10.1. The van der Waals surface area contributed by atoms with Crippen LogP contribution in [0.15, 0.2) is 18.2 Å². The van der Waals surface area contributed by atoms with Crippen LogP contribution in [0.4, 0.5) is 11.4 Å². The van der Waals surface area contributed by atoms with E-state index in [1.165, 1.54) is 0 Å². The first-order valence-corrected chi connectivity index (χ1v) is 5.95. The van der Waals surface area contributed by atoms with Crippen LogP contribution in [0.1, 0.15) is 24.8 Å². The summed E-state index contributed by atoms with van der Waals surface area (Å²) in [4.78, 5) is 12.0. The number of nitrogens with one attached hydrogen (secondary N) is 1. The molecule has 0 bridgehead atoms. The zero-order chi connectivity index (χ0) is 12.3. The lowest BCUT2D eigenvalue weighted by Gasteiger charge is -2.22. The summed E-state index contributed by atoms with van der Waals surface area (Å²) in [7, 11) is 0. The predicted octanol–water partition coefficient (Wildman–Crippen LogP) is 2.08. The van der Waals surface area contributed by atoms with Crippen molar-refractivity contribution in [2.24, 2.45) is 0 Å². The fourth-order valence-electron chi connectivity index (χ4n) is 1.94. The highest BCUT2D eigenvalue weighted by Gasteiger charge is 2.22. The Hall–Kier alpha value is -1.55. The Morgan fingerprint density at radius 3 is 3.00 bits per heavy atom. The molecule has 1 atom stereocenters. The fourth-order valence-corrected chi connectivity index (χ4v) is 1.94. The Balaban J connectivity index is 2.04. The molecule has 0 saturated carbocycles. The number of anilines is 2. The quantitative estimate of drug-likeness (QED) is 0.770. The minimum atomic E-state index is -0.315. The van der Waals surface area contributed by atoms with Gasteiger partial charge in [0, 0.05) is 18.0 Å². The van der Waals surface area contributed by atoms with E-state index in [0.29, 0.717) is 12.3 Å². The van der Waals surface area contributed by atoms with E-state index in [0.717, 1.165) is 30.5 Å². The molecule has 1 saturated heterocycles. The van der Waals surface area contributed by atoms with Gasteiger partial charge in [-0.15, -0.1) is 0 Å². The number of amides is 1. The van der Waals surface area contributed by atoms with Crippen molar-refractivity contribution < 1.29 is 9.53 Å². The molecule has 1 unspecified atom stereocenters. The molecule has 3 N–H and O–H groups in total. The first-order valence-electron chi connectivity index (χ1n) is 5.95. The van der Waals surface area contributed by atoms with Gasteiger partial charge in [-0.2, -0.15) is 0 Å². The summed E-state index contributed by atoms with van der Waals surface area (Å²) in [5, 5.41) is 2.88. The van der Waals surface area contributed by atoms with Crippen molar-refractivity contribution in [3.8, 4) is 0 Å². The number of nitrogen functional groups attached to an aromatic ring is 1. The summed E-state index contributed by atoms with van der Waals surface area (Å²) < 4.78 is 5.44. The lowest BCUT2D eigenvalue weighted by molar-refractivity contribution is -0.129. The molecule has 92 valence electrons. The predicted molar refractivity (Wildman–Crippen MR) is 67.8 cm³/mol. The van der Waals surface area contributed by atoms with E-state index in [1.807, 2.05) is 19.1 Å². The molecule has 0 radical (unpaired) electrons. The molecule has 1 heterocycles. The van der Waals surface area contributed by atoms with Gasteiger partial charge in [-0.3, -0.25) is 4.79 Å². The summed E-state index contributed by atoms with van der Waals surface area (Å²) >= 11 is 0. The Labute approximate surface area is 101 Å². The second-order valence-corrected chi connectivity index (χ2v) is 4.42. The number of carbonyl (C=O) groups excluding carboxylic acids is 1. The first-order chi connectivity index (χ1) is 8.16. The third-order valence-corrected chi connectivity index (χ3v) is 2.99.